The number of Topliss-reactive ketones (excluding diaryl/α,β-unsaturated/α-hetero) is 1. The number of hydrogen-bond donors (Lipinski definition) is 1. The van der Waals surface area contributed by atoms with Crippen molar-refractivity contribution in [1.29, 1.82) is 0 Å². The standard InChI is InChI=1S/C19H17N3O3S/c23-16(12-4-1-2-5-12)17-15(14-6-3-11-25-14)21-19(26-17)22-18(24)13-7-9-20-10-8-13/h3,6-12H,1-2,4-5H2,(H,21,22,24). The zero-order valence-corrected chi connectivity index (χ0v) is 14.8. The molecule has 1 fully saturated rings. The molecule has 4 rings (SSSR count). The van der Waals surface area contributed by atoms with E-state index in [1.165, 1.54) is 11.3 Å². The second-order valence-electron chi connectivity index (χ2n) is 6.21. The Hall–Kier alpha value is -2.80. The first-order valence-electron chi connectivity index (χ1n) is 8.52. The Bertz CT molecular complexity index is 913. The van der Waals surface area contributed by atoms with Crippen LogP contribution in [0.3, 0.4) is 0 Å². The summed E-state index contributed by atoms with van der Waals surface area (Å²) in [5, 5.41) is 3.16. The van der Waals surface area contributed by atoms with Gasteiger partial charge in [0.2, 0.25) is 0 Å². The van der Waals surface area contributed by atoms with Crippen LogP contribution in [0.5, 0.6) is 0 Å². The molecule has 0 atom stereocenters. The number of amides is 1. The third-order valence-corrected chi connectivity index (χ3v) is 5.48. The fourth-order valence-electron chi connectivity index (χ4n) is 3.17. The molecule has 0 bridgehead atoms. The Kier molecular flexibility index (Phi) is 4.62. The Morgan fingerprint density at radius 3 is 2.62 bits per heavy atom. The number of thiazole rings is 1. The molecule has 1 aliphatic carbocycles. The first-order valence-corrected chi connectivity index (χ1v) is 9.34. The smallest absolute Gasteiger partial charge is 0.257 e. The number of carbonyl (C=O) groups excluding carboxylic acids is 2. The summed E-state index contributed by atoms with van der Waals surface area (Å²) in [6.45, 7) is 0. The molecule has 3 aromatic heterocycles. The van der Waals surface area contributed by atoms with Gasteiger partial charge >= 0.3 is 0 Å². The highest BCUT2D eigenvalue weighted by molar-refractivity contribution is 7.18. The van der Waals surface area contributed by atoms with Crippen LogP contribution in [0, 0.1) is 5.92 Å². The van der Waals surface area contributed by atoms with Crippen LogP contribution >= 0.6 is 11.3 Å². The number of furan rings is 1. The van der Waals surface area contributed by atoms with Crippen molar-refractivity contribution in [2.24, 2.45) is 5.92 Å². The van der Waals surface area contributed by atoms with Gasteiger partial charge in [-0.1, -0.05) is 24.2 Å². The summed E-state index contributed by atoms with van der Waals surface area (Å²) < 4.78 is 5.45. The van der Waals surface area contributed by atoms with E-state index in [0.29, 0.717) is 27.0 Å². The van der Waals surface area contributed by atoms with E-state index in [1.54, 1.807) is 42.9 Å². The summed E-state index contributed by atoms with van der Waals surface area (Å²) in [7, 11) is 0. The van der Waals surface area contributed by atoms with E-state index in [0.717, 1.165) is 25.7 Å². The maximum Gasteiger partial charge on any atom is 0.257 e. The van der Waals surface area contributed by atoms with Crippen molar-refractivity contribution in [3.63, 3.8) is 0 Å². The van der Waals surface area contributed by atoms with Gasteiger partial charge in [0.15, 0.2) is 16.7 Å². The topological polar surface area (TPSA) is 85.1 Å². The molecule has 26 heavy (non-hydrogen) atoms. The van der Waals surface area contributed by atoms with Gasteiger partial charge < -0.3 is 4.42 Å². The van der Waals surface area contributed by atoms with E-state index >= 15 is 0 Å². The van der Waals surface area contributed by atoms with Gasteiger partial charge in [-0.2, -0.15) is 0 Å². The van der Waals surface area contributed by atoms with Crippen molar-refractivity contribution in [2.75, 3.05) is 5.32 Å². The Labute approximate surface area is 154 Å². The molecule has 0 aliphatic heterocycles. The Morgan fingerprint density at radius 2 is 1.92 bits per heavy atom. The van der Waals surface area contributed by atoms with Crippen LogP contribution in [-0.4, -0.2) is 21.7 Å². The lowest BCUT2D eigenvalue weighted by Crippen LogP contribution is -2.11. The van der Waals surface area contributed by atoms with Crippen LogP contribution in [0.1, 0.15) is 45.7 Å². The van der Waals surface area contributed by atoms with Gasteiger partial charge in [0, 0.05) is 23.9 Å². The lowest BCUT2D eigenvalue weighted by atomic mass is 10.0. The van der Waals surface area contributed by atoms with Crippen molar-refractivity contribution in [2.45, 2.75) is 25.7 Å². The number of ketones is 1. The molecule has 1 aliphatic rings. The molecule has 1 N–H and O–H groups in total. The van der Waals surface area contributed by atoms with Gasteiger partial charge in [-0.05, 0) is 37.1 Å². The van der Waals surface area contributed by atoms with Crippen molar-refractivity contribution >= 4 is 28.2 Å². The molecule has 6 nitrogen and oxygen atoms in total. The number of nitrogens with one attached hydrogen (secondary N) is 1. The Morgan fingerprint density at radius 1 is 1.15 bits per heavy atom. The first kappa shape index (κ1) is 16.7. The molecule has 0 aromatic carbocycles. The molecule has 1 saturated carbocycles. The average Bonchev–Trinajstić information content (AvgIpc) is 3.42. The molecule has 0 unspecified atom stereocenters. The second kappa shape index (κ2) is 7.21. The quantitative estimate of drug-likeness (QED) is 0.675. The zero-order chi connectivity index (χ0) is 17.9. The van der Waals surface area contributed by atoms with E-state index in [9.17, 15) is 9.59 Å². The van der Waals surface area contributed by atoms with Crippen LogP contribution < -0.4 is 5.32 Å². The van der Waals surface area contributed by atoms with Gasteiger partial charge in [-0.15, -0.1) is 0 Å². The number of aromatic nitrogens is 2. The second-order valence-corrected chi connectivity index (χ2v) is 7.21. The SMILES string of the molecule is O=C(Nc1nc(-c2ccco2)c(C(=O)C2CCCC2)s1)c1ccncc1. The summed E-state index contributed by atoms with van der Waals surface area (Å²) in [4.78, 5) is 34.2. The highest BCUT2D eigenvalue weighted by atomic mass is 32.1. The van der Waals surface area contributed by atoms with Crippen LogP contribution in [0.25, 0.3) is 11.5 Å². The normalized spacial score (nSPS) is 14.5. The highest BCUT2D eigenvalue weighted by Gasteiger charge is 2.29. The Balaban J connectivity index is 1.65. The lowest BCUT2D eigenvalue weighted by Gasteiger charge is -2.06. The van der Waals surface area contributed by atoms with Gasteiger partial charge in [0.05, 0.1) is 6.26 Å². The van der Waals surface area contributed by atoms with E-state index < -0.39 is 0 Å². The number of anilines is 1. The van der Waals surface area contributed by atoms with Gasteiger partial charge in [-0.25, -0.2) is 4.98 Å². The van der Waals surface area contributed by atoms with Crippen LogP contribution in [0.15, 0.2) is 47.3 Å². The summed E-state index contributed by atoms with van der Waals surface area (Å²) in [5.74, 6) is 0.378. The largest absolute Gasteiger partial charge is 0.463 e. The minimum atomic E-state index is -0.285. The van der Waals surface area contributed by atoms with Crippen LogP contribution in [0.2, 0.25) is 0 Å². The number of carbonyl (C=O) groups is 2. The average molecular weight is 367 g/mol. The molecule has 0 spiro atoms. The molecule has 3 aromatic rings. The fraction of sp³-hybridized carbons (Fsp3) is 0.263. The minimum absolute atomic E-state index is 0.0351. The van der Waals surface area contributed by atoms with Crippen LogP contribution in [-0.2, 0) is 0 Å². The molecule has 7 heteroatoms. The third-order valence-electron chi connectivity index (χ3n) is 4.49. The van der Waals surface area contributed by atoms with E-state index in [-0.39, 0.29) is 17.6 Å². The van der Waals surface area contributed by atoms with Gasteiger partial charge in [0.1, 0.15) is 10.6 Å². The molecule has 132 valence electrons. The van der Waals surface area contributed by atoms with E-state index in [2.05, 4.69) is 15.3 Å². The summed E-state index contributed by atoms with van der Waals surface area (Å²) in [5.41, 5.74) is 0.986. The third kappa shape index (κ3) is 3.30. The molecule has 0 radical (unpaired) electrons. The monoisotopic (exact) mass is 367 g/mol. The number of rotatable bonds is 5. The summed E-state index contributed by atoms with van der Waals surface area (Å²) in [6.07, 6.45) is 8.64. The maximum absolute atomic E-state index is 12.9. The molecular formula is C19H17N3O3S. The van der Waals surface area contributed by atoms with Crippen molar-refractivity contribution in [3.05, 3.63) is 53.4 Å². The number of hydrogen-bond acceptors (Lipinski definition) is 6. The maximum atomic E-state index is 12.9. The predicted molar refractivity (Wildman–Crippen MR) is 98.3 cm³/mol. The highest BCUT2D eigenvalue weighted by Crippen LogP contribution is 2.37. The number of nitrogens with zero attached hydrogens (tertiary/aromatic N) is 2. The van der Waals surface area contributed by atoms with Gasteiger partial charge in [0.25, 0.3) is 5.91 Å². The molecule has 3 heterocycles. The molecule has 0 saturated heterocycles. The van der Waals surface area contributed by atoms with Crippen molar-refractivity contribution in [3.8, 4) is 11.5 Å². The van der Waals surface area contributed by atoms with Crippen LogP contribution in [0.4, 0.5) is 5.13 Å². The van der Waals surface area contributed by atoms with E-state index in [1.807, 2.05) is 0 Å². The minimum Gasteiger partial charge on any atom is -0.463 e. The zero-order valence-electron chi connectivity index (χ0n) is 14.0. The lowest BCUT2D eigenvalue weighted by molar-refractivity contribution is 0.0926. The molecular weight excluding hydrogens is 350 g/mol. The summed E-state index contributed by atoms with van der Waals surface area (Å²) in [6, 6.07) is 6.78. The molecule has 1 amide bonds. The van der Waals surface area contributed by atoms with Gasteiger partial charge in [-0.3, -0.25) is 19.9 Å². The van der Waals surface area contributed by atoms with Crippen molar-refractivity contribution < 1.29 is 14.0 Å². The summed E-state index contributed by atoms with van der Waals surface area (Å²) >= 11 is 1.21. The predicted octanol–water partition coefficient (Wildman–Crippen LogP) is 4.42. The first-order chi connectivity index (χ1) is 12.7. The fourth-order valence-corrected chi connectivity index (χ4v) is 4.15. The van der Waals surface area contributed by atoms with Crippen molar-refractivity contribution in [1.82, 2.24) is 9.97 Å². The number of pyridine rings is 1. The van der Waals surface area contributed by atoms with E-state index in [4.69, 9.17) is 4.42 Å².